The van der Waals surface area contributed by atoms with Crippen molar-refractivity contribution >= 4 is 11.6 Å². The van der Waals surface area contributed by atoms with Gasteiger partial charge in [0.25, 0.3) is 0 Å². The number of hydrogen-bond donors (Lipinski definition) is 4. The van der Waals surface area contributed by atoms with E-state index in [1.807, 2.05) is 13.8 Å². The first-order valence-electron chi connectivity index (χ1n) is 6.71. The van der Waals surface area contributed by atoms with Crippen LogP contribution in [0.15, 0.2) is 24.3 Å². The molecule has 1 unspecified atom stereocenters. The van der Waals surface area contributed by atoms with Crippen molar-refractivity contribution < 1.29 is 15.0 Å². The van der Waals surface area contributed by atoms with Crippen LogP contribution < -0.4 is 11.1 Å². The van der Waals surface area contributed by atoms with E-state index in [-0.39, 0.29) is 23.4 Å². The SMILES string of the molecule is CCCC(=O)NC(C)C/C=C(\N)c1ccc(O)cc1O. The van der Waals surface area contributed by atoms with Crippen molar-refractivity contribution in [3.05, 3.63) is 29.8 Å². The van der Waals surface area contributed by atoms with E-state index in [4.69, 9.17) is 5.73 Å². The summed E-state index contributed by atoms with van der Waals surface area (Å²) in [6, 6.07) is 4.23. The largest absolute Gasteiger partial charge is 0.508 e. The Hall–Kier alpha value is -2.17. The Morgan fingerprint density at radius 1 is 1.45 bits per heavy atom. The van der Waals surface area contributed by atoms with E-state index in [1.165, 1.54) is 12.1 Å². The van der Waals surface area contributed by atoms with E-state index >= 15 is 0 Å². The molecule has 0 spiro atoms. The van der Waals surface area contributed by atoms with Gasteiger partial charge in [0, 0.05) is 29.8 Å². The van der Waals surface area contributed by atoms with Crippen LogP contribution >= 0.6 is 0 Å². The van der Waals surface area contributed by atoms with Crippen LogP contribution in [0.3, 0.4) is 0 Å². The van der Waals surface area contributed by atoms with Gasteiger partial charge >= 0.3 is 0 Å². The first kappa shape index (κ1) is 15.9. The molecule has 1 rings (SSSR count). The molecule has 0 fully saturated rings. The molecule has 1 amide bonds. The summed E-state index contributed by atoms with van der Waals surface area (Å²) in [5.41, 5.74) is 6.77. The van der Waals surface area contributed by atoms with Crippen molar-refractivity contribution in [2.45, 2.75) is 39.2 Å². The number of benzene rings is 1. The molecule has 0 aliphatic heterocycles. The Morgan fingerprint density at radius 3 is 2.75 bits per heavy atom. The summed E-state index contributed by atoms with van der Waals surface area (Å²) >= 11 is 0. The van der Waals surface area contributed by atoms with Gasteiger partial charge in [0.15, 0.2) is 0 Å². The summed E-state index contributed by atoms with van der Waals surface area (Å²) in [7, 11) is 0. The van der Waals surface area contributed by atoms with Crippen LogP contribution in [-0.2, 0) is 4.79 Å². The van der Waals surface area contributed by atoms with E-state index in [0.717, 1.165) is 6.42 Å². The average molecular weight is 278 g/mol. The minimum atomic E-state index is -0.0681. The molecule has 1 aromatic rings. The number of rotatable bonds is 6. The van der Waals surface area contributed by atoms with Crippen LogP contribution in [0.2, 0.25) is 0 Å². The predicted octanol–water partition coefficient (Wildman–Crippen LogP) is 2.09. The highest BCUT2D eigenvalue weighted by molar-refractivity contribution is 5.76. The maximum Gasteiger partial charge on any atom is 0.220 e. The van der Waals surface area contributed by atoms with Crippen molar-refractivity contribution in [1.29, 1.82) is 0 Å². The summed E-state index contributed by atoms with van der Waals surface area (Å²) in [5.74, 6) is -0.0554. The monoisotopic (exact) mass is 278 g/mol. The summed E-state index contributed by atoms with van der Waals surface area (Å²) < 4.78 is 0. The zero-order chi connectivity index (χ0) is 15.1. The van der Waals surface area contributed by atoms with Crippen LogP contribution in [0.5, 0.6) is 11.5 Å². The number of nitrogens with one attached hydrogen (secondary N) is 1. The number of aromatic hydroxyl groups is 2. The van der Waals surface area contributed by atoms with Crippen molar-refractivity contribution in [1.82, 2.24) is 5.32 Å². The lowest BCUT2D eigenvalue weighted by Crippen LogP contribution is -2.31. The van der Waals surface area contributed by atoms with Crippen molar-refractivity contribution in [3.8, 4) is 11.5 Å². The van der Waals surface area contributed by atoms with E-state index in [9.17, 15) is 15.0 Å². The Morgan fingerprint density at radius 2 is 2.15 bits per heavy atom. The Labute approximate surface area is 119 Å². The maximum absolute atomic E-state index is 11.4. The Balaban J connectivity index is 2.63. The molecular weight excluding hydrogens is 256 g/mol. The van der Waals surface area contributed by atoms with E-state index in [1.54, 1.807) is 12.1 Å². The minimum Gasteiger partial charge on any atom is -0.508 e. The van der Waals surface area contributed by atoms with E-state index in [0.29, 0.717) is 24.1 Å². The Kier molecular flexibility index (Phi) is 5.90. The molecular formula is C15H22N2O3. The number of carbonyl (C=O) groups excluding carboxylic acids is 1. The van der Waals surface area contributed by atoms with Gasteiger partial charge in [-0.15, -0.1) is 0 Å². The fourth-order valence-electron chi connectivity index (χ4n) is 1.81. The third-order valence-electron chi connectivity index (χ3n) is 2.87. The van der Waals surface area contributed by atoms with Crippen LogP contribution in [0.1, 0.15) is 38.7 Å². The normalized spacial score (nSPS) is 13.0. The number of phenolic OH excluding ortho intramolecular Hbond substituents is 2. The van der Waals surface area contributed by atoms with Crippen LogP contribution in [0.25, 0.3) is 5.70 Å². The third kappa shape index (κ3) is 4.84. The molecule has 0 saturated heterocycles. The molecule has 0 aliphatic carbocycles. The highest BCUT2D eigenvalue weighted by Gasteiger charge is 2.08. The minimum absolute atomic E-state index is 0.0146. The molecule has 5 heteroatoms. The van der Waals surface area contributed by atoms with Gasteiger partial charge in [0.2, 0.25) is 5.91 Å². The number of carbonyl (C=O) groups is 1. The van der Waals surface area contributed by atoms with Gasteiger partial charge < -0.3 is 21.3 Å². The van der Waals surface area contributed by atoms with Crippen molar-refractivity contribution in [2.24, 2.45) is 5.73 Å². The van der Waals surface area contributed by atoms with Crippen molar-refractivity contribution in [2.75, 3.05) is 0 Å². The van der Waals surface area contributed by atoms with Gasteiger partial charge in [-0.05, 0) is 31.9 Å². The molecule has 5 N–H and O–H groups in total. The second-order valence-corrected chi connectivity index (χ2v) is 4.82. The summed E-state index contributed by atoms with van der Waals surface area (Å²) in [5, 5.41) is 21.8. The molecule has 0 bridgehead atoms. The second-order valence-electron chi connectivity index (χ2n) is 4.82. The van der Waals surface area contributed by atoms with Gasteiger partial charge in [-0.25, -0.2) is 0 Å². The molecule has 0 aliphatic rings. The van der Waals surface area contributed by atoms with E-state index in [2.05, 4.69) is 5.32 Å². The molecule has 110 valence electrons. The molecule has 0 heterocycles. The lowest BCUT2D eigenvalue weighted by Gasteiger charge is -2.12. The molecule has 0 radical (unpaired) electrons. The average Bonchev–Trinajstić information content (AvgIpc) is 2.36. The van der Waals surface area contributed by atoms with Gasteiger partial charge in [0.1, 0.15) is 11.5 Å². The topological polar surface area (TPSA) is 95.6 Å². The summed E-state index contributed by atoms with van der Waals surface area (Å²) in [6.07, 6.45) is 3.66. The van der Waals surface area contributed by atoms with Gasteiger partial charge in [-0.2, -0.15) is 0 Å². The number of amides is 1. The fourth-order valence-corrected chi connectivity index (χ4v) is 1.81. The molecule has 5 nitrogen and oxygen atoms in total. The number of phenols is 2. The van der Waals surface area contributed by atoms with Gasteiger partial charge in [0.05, 0.1) is 0 Å². The standard InChI is InChI=1S/C15H22N2O3/c1-3-4-15(20)17-10(2)5-8-13(16)12-7-6-11(18)9-14(12)19/h6-10,18-19H,3-5,16H2,1-2H3,(H,17,20)/b13-8-. The molecule has 0 saturated carbocycles. The van der Waals surface area contributed by atoms with Gasteiger partial charge in [-0.3, -0.25) is 4.79 Å². The highest BCUT2D eigenvalue weighted by atomic mass is 16.3. The quantitative estimate of drug-likeness (QED) is 0.640. The third-order valence-corrected chi connectivity index (χ3v) is 2.87. The summed E-state index contributed by atoms with van der Waals surface area (Å²) in [4.78, 5) is 11.4. The molecule has 1 atom stereocenters. The maximum atomic E-state index is 11.4. The fraction of sp³-hybridized carbons (Fsp3) is 0.400. The van der Waals surface area contributed by atoms with Crippen molar-refractivity contribution in [3.63, 3.8) is 0 Å². The highest BCUT2D eigenvalue weighted by Crippen LogP contribution is 2.26. The lowest BCUT2D eigenvalue weighted by molar-refractivity contribution is -0.121. The molecule has 1 aromatic carbocycles. The first-order chi connectivity index (χ1) is 9.43. The summed E-state index contributed by atoms with van der Waals surface area (Å²) in [6.45, 7) is 3.85. The Bertz CT molecular complexity index is 498. The lowest BCUT2D eigenvalue weighted by atomic mass is 10.1. The zero-order valence-corrected chi connectivity index (χ0v) is 11.9. The smallest absolute Gasteiger partial charge is 0.220 e. The van der Waals surface area contributed by atoms with Crippen LogP contribution in [0, 0.1) is 0 Å². The second kappa shape index (κ2) is 7.43. The van der Waals surface area contributed by atoms with Gasteiger partial charge in [-0.1, -0.05) is 13.0 Å². The van der Waals surface area contributed by atoms with Crippen LogP contribution in [0.4, 0.5) is 0 Å². The van der Waals surface area contributed by atoms with E-state index < -0.39 is 0 Å². The number of nitrogens with two attached hydrogens (primary N) is 1. The molecule has 20 heavy (non-hydrogen) atoms. The molecule has 0 aromatic heterocycles. The number of hydrogen-bond acceptors (Lipinski definition) is 4. The van der Waals surface area contributed by atoms with Crippen LogP contribution in [-0.4, -0.2) is 22.2 Å². The predicted molar refractivity (Wildman–Crippen MR) is 79.1 cm³/mol. The first-order valence-corrected chi connectivity index (χ1v) is 6.71. The zero-order valence-electron chi connectivity index (χ0n) is 11.9.